The van der Waals surface area contributed by atoms with Gasteiger partial charge in [-0.25, -0.2) is 4.79 Å². The number of hydrogen-bond donors (Lipinski definition) is 0. The summed E-state index contributed by atoms with van der Waals surface area (Å²) in [7, 11) is 1.61. The van der Waals surface area contributed by atoms with Gasteiger partial charge in [-0.3, -0.25) is 13.9 Å². The molecule has 1 aromatic heterocycles. The van der Waals surface area contributed by atoms with Crippen molar-refractivity contribution in [1.29, 1.82) is 5.26 Å². The fraction of sp³-hybridized carbons (Fsp3) is 0.316. The van der Waals surface area contributed by atoms with Gasteiger partial charge in [0, 0.05) is 18.8 Å². The smallest absolute Gasteiger partial charge is 0.331 e. The summed E-state index contributed by atoms with van der Waals surface area (Å²) >= 11 is 0. The molecule has 1 aliphatic rings. The Bertz CT molecular complexity index is 959. The lowest BCUT2D eigenvalue weighted by atomic mass is 10.2. The fourth-order valence-electron chi connectivity index (χ4n) is 2.68. The van der Waals surface area contributed by atoms with E-state index in [-0.39, 0.29) is 23.8 Å². The Morgan fingerprint density at radius 1 is 1.36 bits per heavy atom. The average molecular weight is 337 g/mol. The lowest BCUT2D eigenvalue weighted by Crippen LogP contribution is -2.40. The summed E-state index contributed by atoms with van der Waals surface area (Å²) in [5.41, 5.74) is 0.150. The Labute approximate surface area is 145 Å². The zero-order valence-corrected chi connectivity index (χ0v) is 14.0. The summed E-state index contributed by atoms with van der Waals surface area (Å²) < 4.78 is 7.85. The van der Waals surface area contributed by atoms with Crippen LogP contribution in [0.1, 0.15) is 36.4 Å². The highest BCUT2D eigenvalue weighted by atomic mass is 16.5. The molecule has 0 radical (unpaired) electrons. The first-order valence-corrected chi connectivity index (χ1v) is 8.20. The van der Waals surface area contributed by atoms with Gasteiger partial charge in [0.05, 0.1) is 7.11 Å². The second-order valence-electron chi connectivity index (χ2n) is 6.00. The van der Waals surface area contributed by atoms with Gasteiger partial charge in [0.2, 0.25) is 0 Å². The molecule has 3 rings (SSSR count). The van der Waals surface area contributed by atoms with Crippen molar-refractivity contribution < 1.29 is 4.74 Å². The van der Waals surface area contributed by atoms with Gasteiger partial charge < -0.3 is 4.74 Å². The fourth-order valence-corrected chi connectivity index (χ4v) is 2.68. The Morgan fingerprint density at radius 3 is 2.84 bits per heavy atom. The van der Waals surface area contributed by atoms with Gasteiger partial charge in [0.25, 0.3) is 5.56 Å². The largest absolute Gasteiger partial charge is 0.497 e. The van der Waals surface area contributed by atoms with Crippen molar-refractivity contribution in [2.75, 3.05) is 7.11 Å². The van der Waals surface area contributed by atoms with E-state index in [1.807, 2.05) is 42.5 Å². The van der Waals surface area contributed by atoms with E-state index in [4.69, 9.17) is 10.00 Å². The number of ether oxygens (including phenoxy) is 1. The molecular weight excluding hydrogens is 318 g/mol. The van der Waals surface area contributed by atoms with E-state index >= 15 is 0 Å². The molecule has 6 nitrogen and oxygen atoms in total. The highest BCUT2D eigenvalue weighted by molar-refractivity contribution is 5.51. The molecule has 0 saturated heterocycles. The SMILES string of the molecule is COc1cccc(/C=C/CCn2c(=O)c(C#N)cn(C3CC3)c2=O)c1. The summed E-state index contributed by atoms with van der Waals surface area (Å²) in [6, 6.07) is 9.62. The maximum atomic E-state index is 12.5. The first kappa shape index (κ1) is 16.8. The van der Waals surface area contributed by atoms with Crippen molar-refractivity contribution in [3.05, 3.63) is 68.5 Å². The topological polar surface area (TPSA) is 77.0 Å². The molecule has 1 aromatic carbocycles. The molecule has 0 aliphatic heterocycles. The van der Waals surface area contributed by atoms with E-state index in [1.54, 1.807) is 7.11 Å². The standard InChI is InChI=1S/C19H19N3O3/c1-25-17-7-4-6-14(11-17)5-2-3-10-21-18(23)15(12-20)13-22(19(21)24)16-8-9-16/h2,4-7,11,13,16H,3,8-10H2,1H3/b5-2+. The van der Waals surface area contributed by atoms with Crippen LogP contribution in [0.3, 0.4) is 0 Å². The van der Waals surface area contributed by atoms with Crippen LogP contribution in [0.4, 0.5) is 0 Å². The highest BCUT2D eigenvalue weighted by Crippen LogP contribution is 2.33. The molecule has 0 unspecified atom stereocenters. The van der Waals surface area contributed by atoms with Crippen LogP contribution < -0.4 is 16.0 Å². The lowest BCUT2D eigenvalue weighted by molar-refractivity contribution is 0.414. The highest BCUT2D eigenvalue weighted by Gasteiger charge is 2.26. The predicted molar refractivity (Wildman–Crippen MR) is 94.6 cm³/mol. The van der Waals surface area contributed by atoms with E-state index in [9.17, 15) is 9.59 Å². The molecule has 25 heavy (non-hydrogen) atoms. The summed E-state index contributed by atoms with van der Waals surface area (Å²) in [4.78, 5) is 24.7. The number of methoxy groups -OCH3 is 1. The molecule has 0 N–H and O–H groups in total. The third kappa shape index (κ3) is 3.72. The normalized spacial score (nSPS) is 13.8. The van der Waals surface area contributed by atoms with Gasteiger partial charge in [0.15, 0.2) is 0 Å². The van der Waals surface area contributed by atoms with Crippen LogP contribution in [0.15, 0.2) is 46.1 Å². The third-order valence-electron chi connectivity index (χ3n) is 4.18. The second-order valence-corrected chi connectivity index (χ2v) is 6.00. The van der Waals surface area contributed by atoms with Crippen molar-refractivity contribution in [1.82, 2.24) is 9.13 Å². The van der Waals surface area contributed by atoms with Gasteiger partial charge >= 0.3 is 5.69 Å². The first-order valence-electron chi connectivity index (χ1n) is 8.20. The van der Waals surface area contributed by atoms with Gasteiger partial charge in [-0.15, -0.1) is 0 Å². The van der Waals surface area contributed by atoms with Gasteiger partial charge in [-0.1, -0.05) is 24.3 Å². The van der Waals surface area contributed by atoms with Crippen LogP contribution in [0, 0.1) is 11.3 Å². The molecule has 0 bridgehead atoms. The molecule has 0 atom stereocenters. The number of hydrogen-bond acceptors (Lipinski definition) is 4. The first-order chi connectivity index (χ1) is 12.1. The summed E-state index contributed by atoms with van der Waals surface area (Å²) in [5.74, 6) is 0.771. The molecule has 0 amide bonds. The quantitative estimate of drug-likeness (QED) is 0.810. The van der Waals surface area contributed by atoms with Crippen LogP contribution >= 0.6 is 0 Å². The van der Waals surface area contributed by atoms with Gasteiger partial charge in [0.1, 0.15) is 17.4 Å². The number of rotatable bonds is 6. The van der Waals surface area contributed by atoms with Crippen molar-refractivity contribution in [2.45, 2.75) is 31.8 Å². The Hall–Kier alpha value is -3.07. The van der Waals surface area contributed by atoms with Gasteiger partial charge in [-0.2, -0.15) is 5.26 Å². The lowest BCUT2D eigenvalue weighted by Gasteiger charge is -2.09. The monoisotopic (exact) mass is 337 g/mol. The van der Waals surface area contributed by atoms with E-state index in [0.29, 0.717) is 6.42 Å². The number of aromatic nitrogens is 2. The molecule has 6 heteroatoms. The number of nitriles is 1. The molecule has 1 fully saturated rings. The number of nitrogens with zero attached hydrogens (tertiary/aromatic N) is 3. The van der Waals surface area contributed by atoms with Crippen molar-refractivity contribution in [3.63, 3.8) is 0 Å². The minimum atomic E-state index is -0.515. The third-order valence-corrected chi connectivity index (χ3v) is 4.18. The van der Waals surface area contributed by atoms with Crippen molar-refractivity contribution in [3.8, 4) is 11.8 Å². The van der Waals surface area contributed by atoms with E-state index in [0.717, 1.165) is 28.7 Å². The Morgan fingerprint density at radius 2 is 2.16 bits per heavy atom. The molecule has 1 saturated carbocycles. The van der Waals surface area contributed by atoms with Crippen molar-refractivity contribution >= 4 is 6.08 Å². The van der Waals surface area contributed by atoms with Crippen LogP contribution in [-0.4, -0.2) is 16.2 Å². The molecule has 1 heterocycles. The molecule has 1 aliphatic carbocycles. The minimum absolute atomic E-state index is 0.0169. The van der Waals surface area contributed by atoms with Crippen LogP contribution in [0.5, 0.6) is 5.75 Å². The van der Waals surface area contributed by atoms with Crippen LogP contribution in [-0.2, 0) is 6.54 Å². The van der Waals surface area contributed by atoms with Crippen LogP contribution in [0.2, 0.25) is 0 Å². The van der Waals surface area contributed by atoms with E-state index < -0.39 is 5.56 Å². The number of allylic oxidation sites excluding steroid dienone is 1. The minimum Gasteiger partial charge on any atom is -0.497 e. The number of benzene rings is 1. The molecule has 2 aromatic rings. The molecule has 0 spiro atoms. The zero-order chi connectivity index (χ0) is 17.8. The summed E-state index contributed by atoms with van der Waals surface area (Å²) in [6.07, 6.45) is 7.57. The Balaban J connectivity index is 1.78. The van der Waals surface area contributed by atoms with E-state index in [2.05, 4.69) is 0 Å². The maximum absolute atomic E-state index is 12.5. The summed E-state index contributed by atoms with van der Waals surface area (Å²) in [6.45, 7) is 0.250. The second kappa shape index (κ2) is 7.22. The predicted octanol–water partition coefficient (Wildman–Crippen LogP) is 2.33. The van der Waals surface area contributed by atoms with Crippen molar-refractivity contribution in [2.24, 2.45) is 0 Å². The Kier molecular flexibility index (Phi) is 4.85. The van der Waals surface area contributed by atoms with E-state index in [1.165, 1.54) is 10.8 Å². The molecule has 128 valence electrons. The zero-order valence-electron chi connectivity index (χ0n) is 14.0. The van der Waals surface area contributed by atoms with Gasteiger partial charge in [-0.05, 0) is 37.0 Å². The average Bonchev–Trinajstić information content (AvgIpc) is 3.46. The molecular formula is C19H19N3O3. The van der Waals surface area contributed by atoms with Crippen LogP contribution in [0.25, 0.3) is 6.08 Å². The summed E-state index contributed by atoms with van der Waals surface area (Å²) in [5, 5.41) is 9.13. The maximum Gasteiger partial charge on any atom is 0.331 e.